The van der Waals surface area contributed by atoms with Gasteiger partial charge in [-0.15, -0.1) is 0 Å². The van der Waals surface area contributed by atoms with Gasteiger partial charge in [-0.05, 0) is 62.7 Å². The van der Waals surface area contributed by atoms with Crippen LogP contribution in [0.15, 0.2) is 23.8 Å². The summed E-state index contributed by atoms with van der Waals surface area (Å²) < 4.78 is 27.9. The molecule has 1 saturated heterocycles. The fourth-order valence-electron chi connectivity index (χ4n) is 8.05. The number of carbonyl (C=O) groups is 2. The number of halogens is 1. The van der Waals surface area contributed by atoms with Crippen molar-refractivity contribution in [3.63, 3.8) is 0 Å². The first-order valence-corrected chi connectivity index (χ1v) is 11.2. The average molecular weight is 435 g/mol. The summed E-state index contributed by atoms with van der Waals surface area (Å²) in [5.41, 5.74) is -2.50. The van der Waals surface area contributed by atoms with E-state index in [9.17, 15) is 19.8 Å². The van der Waals surface area contributed by atoms with Crippen molar-refractivity contribution in [1.29, 1.82) is 0 Å². The number of Topliss-reactive ketones (excluding diaryl/α,β-unsaturated/α-hetero) is 1. The number of fused-ring (bicyclic) bond motifs is 7. The number of carbonyl (C=O) groups excluding carboxylic acids is 2. The van der Waals surface area contributed by atoms with Gasteiger partial charge in [0.25, 0.3) is 0 Å². The molecule has 7 heteroatoms. The Morgan fingerprint density at radius 1 is 1.26 bits per heavy atom. The zero-order valence-electron chi connectivity index (χ0n) is 18.4. The number of aliphatic hydroxyl groups excluding tert-OH is 2. The molecule has 2 N–H and O–H groups in total. The molecular weight excluding hydrogens is 403 g/mol. The maximum atomic E-state index is 15.4. The summed E-state index contributed by atoms with van der Waals surface area (Å²) in [5.74, 6) is -2.28. The molecule has 31 heavy (non-hydrogen) atoms. The Balaban J connectivity index is 1.62. The number of aliphatic hydroxyl groups is 2. The number of allylic oxidation sites excluding steroid dienone is 4. The lowest BCUT2D eigenvalue weighted by atomic mass is 9.46. The Kier molecular flexibility index (Phi) is 4.38. The van der Waals surface area contributed by atoms with Crippen LogP contribution in [-0.2, 0) is 19.1 Å². The highest BCUT2D eigenvalue weighted by molar-refractivity contribution is 6.01. The normalized spacial score (nSPS) is 52.1. The highest BCUT2D eigenvalue weighted by atomic mass is 19.1. The van der Waals surface area contributed by atoms with Crippen molar-refractivity contribution in [3.05, 3.63) is 23.8 Å². The molecule has 0 bridgehead atoms. The molecule has 2 unspecified atom stereocenters. The van der Waals surface area contributed by atoms with E-state index in [0.29, 0.717) is 12.0 Å². The van der Waals surface area contributed by atoms with Gasteiger partial charge in [0.15, 0.2) is 23.0 Å². The molecule has 4 fully saturated rings. The zero-order valence-corrected chi connectivity index (χ0v) is 18.4. The van der Waals surface area contributed by atoms with Gasteiger partial charge in [0.05, 0.1) is 12.2 Å². The molecule has 3 saturated carbocycles. The predicted octanol–water partition coefficient (Wildman–Crippen LogP) is 2.27. The van der Waals surface area contributed by atoms with Crippen LogP contribution < -0.4 is 0 Å². The van der Waals surface area contributed by atoms with Crippen molar-refractivity contribution < 1.29 is 33.7 Å². The van der Waals surface area contributed by atoms with Crippen LogP contribution in [-0.4, -0.2) is 58.2 Å². The Hall–Kier alpha value is -1.41. The van der Waals surface area contributed by atoms with E-state index in [4.69, 9.17) is 9.47 Å². The van der Waals surface area contributed by atoms with Gasteiger partial charge in [-0.3, -0.25) is 9.59 Å². The van der Waals surface area contributed by atoms with Gasteiger partial charge in [0, 0.05) is 16.7 Å². The van der Waals surface area contributed by atoms with Crippen LogP contribution >= 0.6 is 0 Å². The lowest BCUT2D eigenvalue weighted by molar-refractivity contribution is -0.226. The van der Waals surface area contributed by atoms with E-state index in [1.807, 2.05) is 13.8 Å². The molecule has 1 heterocycles. The van der Waals surface area contributed by atoms with Gasteiger partial charge in [-0.1, -0.05) is 19.9 Å². The monoisotopic (exact) mass is 434 g/mol. The van der Waals surface area contributed by atoms with Gasteiger partial charge >= 0.3 is 0 Å². The Morgan fingerprint density at radius 2 is 1.97 bits per heavy atom. The summed E-state index contributed by atoms with van der Waals surface area (Å²) in [6.07, 6.45) is 2.90. The number of hydrogen-bond acceptors (Lipinski definition) is 6. The van der Waals surface area contributed by atoms with Gasteiger partial charge in [-0.2, -0.15) is 0 Å². The summed E-state index contributed by atoms with van der Waals surface area (Å²) in [6.45, 7) is 6.65. The van der Waals surface area contributed by atoms with Crippen LogP contribution in [0.2, 0.25) is 0 Å². The molecule has 1 aliphatic heterocycles. The highest BCUT2D eigenvalue weighted by Crippen LogP contribution is 2.70. The van der Waals surface area contributed by atoms with Gasteiger partial charge < -0.3 is 19.7 Å². The van der Waals surface area contributed by atoms with Gasteiger partial charge in [0.2, 0.25) is 0 Å². The third kappa shape index (κ3) is 2.52. The Morgan fingerprint density at radius 3 is 2.65 bits per heavy atom. The van der Waals surface area contributed by atoms with Crippen molar-refractivity contribution in [2.24, 2.45) is 28.6 Å². The van der Waals surface area contributed by atoms with Crippen LogP contribution in [0.25, 0.3) is 0 Å². The molecule has 0 radical (unpaired) electrons. The van der Waals surface area contributed by atoms with Crippen molar-refractivity contribution >= 4 is 11.6 Å². The summed E-state index contributed by atoms with van der Waals surface area (Å²) in [5, 5.41) is 21.3. The minimum absolute atomic E-state index is 0.125. The van der Waals surface area contributed by atoms with E-state index in [0.717, 1.165) is 0 Å². The van der Waals surface area contributed by atoms with Crippen molar-refractivity contribution in [2.75, 3.05) is 6.61 Å². The first kappa shape index (κ1) is 21.4. The third-order valence-corrected chi connectivity index (χ3v) is 9.03. The van der Waals surface area contributed by atoms with Gasteiger partial charge in [0.1, 0.15) is 12.8 Å². The SMILES string of the molecule is CC1(C)O[C@@H]2CC3[C@@H]4C[C@H](F)C5=CC(=O)C=CC5(C)[C@@H]4[C@@H](O)C[C@]3(C)[C@]2(C(=O)CO)O1. The maximum Gasteiger partial charge on any atom is 0.193 e. The van der Waals surface area contributed by atoms with E-state index >= 15 is 4.39 Å². The molecule has 0 aromatic heterocycles. The molecule has 9 atom stereocenters. The van der Waals surface area contributed by atoms with Crippen LogP contribution in [0, 0.1) is 28.6 Å². The van der Waals surface area contributed by atoms with Crippen molar-refractivity contribution in [2.45, 2.75) is 76.7 Å². The van der Waals surface area contributed by atoms with E-state index < -0.39 is 53.0 Å². The van der Waals surface area contributed by atoms with E-state index in [1.54, 1.807) is 19.9 Å². The topological polar surface area (TPSA) is 93.1 Å². The van der Waals surface area contributed by atoms with E-state index in [2.05, 4.69) is 0 Å². The second kappa shape index (κ2) is 6.34. The molecule has 0 aromatic rings. The number of alkyl halides is 1. The lowest BCUT2D eigenvalue weighted by Crippen LogP contribution is -2.64. The summed E-state index contributed by atoms with van der Waals surface area (Å²) >= 11 is 0. The Bertz CT molecular complexity index is 910. The smallest absolute Gasteiger partial charge is 0.193 e. The summed E-state index contributed by atoms with van der Waals surface area (Å²) in [6, 6.07) is 0. The minimum Gasteiger partial charge on any atom is -0.393 e. The number of ketones is 2. The lowest BCUT2D eigenvalue weighted by Gasteiger charge is -2.60. The van der Waals surface area contributed by atoms with Gasteiger partial charge in [-0.25, -0.2) is 4.39 Å². The third-order valence-electron chi connectivity index (χ3n) is 9.03. The first-order valence-electron chi connectivity index (χ1n) is 11.2. The first-order chi connectivity index (χ1) is 14.4. The molecule has 170 valence electrons. The number of ether oxygens (including phenoxy) is 2. The van der Waals surface area contributed by atoms with Crippen LogP contribution in [0.3, 0.4) is 0 Å². The molecule has 0 amide bonds. The number of hydrogen-bond donors (Lipinski definition) is 2. The summed E-state index contributed by atoms with van der Waals surface area (Å²) in [4.78, 5) is 25.1. The Labute approximate surface area is 181 Å². The van der Waals surface area contributed by atoms with E-state index in [1.165, 1.54) is 12.2 Å². The van der Waals surface area contributed by atoms with Crippen molar-refractivity contribution in [3.8, 4) is 0 Å². The zero-order chi connectivity index (χ0) is 22.6. The molecular formula is C24H31FO6. The standard InChI is InChI=1S/C24H31FO6/c1-21(2)30-19-9-14-13-8-16(25)15-7-12(27)5-6-22(15,3)20(13)17(28)10-23(14,4)24(19,31-21)18(29)11-26/h5-7,13-14,16-17,19-20,26,28H,8-11H2,1-4H3/t13-,14?,16-,17-,19+,20-,22?,23-,24+/m0/s1. The fourth-order valence-corrected chi connectivity index (χ4v) is 8.05. The molecule has 0 aromatic carbocycles. The van der Waals surface area contributed by atoms with E-state index in [-0.39, 0.29) is 36.4 Å². The second-order valence-electron chi connectivity index (χ2n) is 11.0. The van der Waals surface area contributed by atoms with Crippen LogP contribution in [0.1, 0.15) is 47.0 Å². The number of rotatable bonds is 2. The predicted molar refractivity (Wildman–Crippen MR) is 109 cm³/mol. The van der Waals surface area contributed by atoms with Crippen LogP contribution in [0.4, 0.5) is 4.39 Å². The fraction of sp³-hybridized carbons (Fsp3) is 0.750. The molecule has 5 rings (SSSR count). The maximum absolute atomic E-state index is 15.4. The molecule has 0 spiro atoms. The average Bonchev–Trinajstić information content (AvgIpc) is 3.08. The van der Waals surface area contributed by atoms with Crippen molar-refractivity contribution in [1.82, 2.24) is 0 Å². The largest absolute Gasteiger partial charge is 0.393 e. The molecule has 6 nitrogen and oxygen atoms in total. The quantitative estimate of drug-likeness (QED) is 0.693. The molecule has 4 aliphatic carbocycles. The van der Waals surface area contributed by atoms with Crippen LogP contribution in [0.5, 0.6) is 0 Å². The minimum atomic E-state index is -1.37. The highest BCUT2D eigenvalue weighted by Gasteiger charge is 2.77. The second-order valence-corrected chi connectivity index (χ2v) is 11.0. The summed E-state index contributed by atoms with van der Waals surface area (Å²) in [7, 11) is 0. The molecule has 5 aliphatic rings.